The van der Waals surface area contributed by atoms with Crippen molar-refractivity contribution in [2.24, 2.45) is 0 Å². The van der Waals surface area contributed by atoms with E-state index < -0.39 is 0 Å². The lowest BCUT2D eigenvalue weighted by Gasteiger charge is -2.06. The van der Waals surface area contributed by atoms with Crippen LogP contribution in [-0.4, -0.2) is 17.6 Å². The fourth-order valence-corrected chi connectivity index (χ4v) is 1.76. The molecule has 0 aliphatic carbocycles. The van der Waals surface area contributed by atoms with E-state index in [-0.39, 0.29) is 17.5 Å². The molecule has 4 heteroatoms. The van der Waals surface area contributed by atoms with Gasteiger partial charge >= 0.3 is 0 Å². The number of hydrogen-bond acceptors (Lipinski definition) is 2. The molecular weight excluding hydrogens is 245 g/mol. The molecule has 0 unspecified atom stereocenters. The molecule has 2 N–H and O–H groups in total. The molecule has 0 radical (unpaired) electrons. The molecule has 0 fully saturated rings. The number of amides is 1. The molecule has 1 amide bonds. The van der Waals surface area contributed by atoms with E-state index in [1.807, 2.05) is 6.07 Å². The van der Waals surface area contributed by atoms with Crippen molar-refractivity contribution in [2.45, 2.75) is 6.42 Å². The molecule has 2 rings (SSSR count). The highest BCUT2D eigenvalue weighted by Gasteiger charge is 2.05. The minimum Gasteiger partial charge on any atom is -0.508 e. The maximum atomic E-state index is 12.9. The highest BCUT2D eigenvalue weighted by atomic mass is 19.1. The van der Waals surface area contributed by atoms with Crippen molar-refractivity contribution in [2.75, 3.05) is 6.54 Å². The van der Waals surface area contributed by atoms with Gasteiger partial charge in [-0.15, -0.1) is 0 Å². The number of carbonyl (C=O) groups is 1. The predicted molar refractivity (Wildman–Crippen MR) is 70.5 cm³/mol. The Morgan fingerprint density at radius 2 is 1.95 bits per heavy atom. The molecule has 0 aliphatic heterocycles. The lowest BCUT2D eigenvalue weighted by Crippen LogP contribution is -2.25. The number of rotatable bonds is 4. The van der Waals surface area contributed by atoms with Gasteiger partial charge in [-0.1, -0.05) is 18.2 Å². The van der Waals surface area contributed by atoms with E-state index in [2.05, 4.69) is 5.32 Å². The lowest BCUT2D eigenvalue weighted by atomic mass is 10.1. The van der Waals surface area contributed by atoms with Gasteiger partial charge in [0, 0.05) is 12.1 Å². The molecule has 19 heavy (non-hydrogen) atoms. The number of hydrogen-bond donors (Lipinski definition) is 2. The van der Waals surface area contributed by atoms with E-state index in [0.29, 0.717) is 18.5 Å². The number of phenolic OH excluding ortho intramolecular Hbond substituents is 1. The molecule has 2 aromatic carbocycles. The fourth-order valence-electron chi connectivity index (χ4n) is 1.76. The van der Waals surface area contributed by atoms with E-state index in [1.54, 1.807) is 18.2 Å². The molecule has 0 spiro atoms. The Morgan fingerprint density at radius 3 is 2.68 bits per heavy atom. The Balaban J connectivity index is 1.87. The standard InChI is InChI=1S/C15H14FNO2/c16-13-5-1-3-11(9-13)7-8-17-15(19)12-4-2-6-14(18)10-12/h1-6,9-10,18H,7-8H2,(H,17,19). The summed E-state index contributed by atoms with van der Waals surface area (Å²) < 4.78 is 12.9. The zero-order chi connectivity index (χ0) is 13.7. The van der Waals surface area contributed by atoms with Crippen LogP contribution in [0.5, 0.6) is 5.75 Å². The number of halogens is 1. The van der Waals surface area contributed by atoms with Crippen LogP contribution >= 0.6 is 0 Å². The summed E-state index contributed by atoms with van der Waals surface area (Å²) in [6.45, 7) is 0.415. The first-order valence-corrected chi connectivity index (χ1v) is 5.97. The molecule has 98 valence electrons. The zero-order valence-corrected chi connectivity index (χ0v) is 10.3. The first kappa shape index (κ1) is 13.1. The van der Waals surface area contributed by atoms with Crippen LogP contribution in [0, 0.1) is 5.82 Å². The summed E-state index contributed by atoms with van der Waals surface area (Å²) >= 11 is 0. The van der Waals surface area contributed by atoms with E-state index in [0.717, 1.165) is 5.56 Å². The van der Waals surface area contributed by atoms with E-state index in [9.17, 15) is 14.3 Å². The molecule has 0 atom stereocenters. The first-order chi connectivity index (χ1) is 9.15. The highest BCUT2D eigenvalue weighted by Crippen LogP contribution is 2.10. The Hall–Kier alpha value is -2.36. The predicted octanol–water partition coefficient (Wildman–Crippen LogP) is 2.50. The third kappa shape index (κ3) is 3.81. The Morgan fingerprint density at radius 1 is 1.16 bits per heavy atom. The number of phenols is 1. The van der Waals surface area contributed by atoms with Gasteiger partial charge in [0.1, 0.15) is 11.6 Å². The summed E-state index contributed by atoms with van der Waals surface area (Å²) in [6, 6.07) is 12.4. The average molecular weight is 259 g/mol. The summed E-state index contributed by atoms with van der Waals surface area (Å²) in [5.41, 5.74) is 1.23. The monoisotopic (exact) mass is 259 g/mol. The molecule has 0 aromatic heterocycles. The summed E-state index contributed by atoms with van der Waals surface area (Å²) in [4.78, 5) is 11.8. The summed E-state index contributed by atoms with van der Waals surface area (Å²) in [7, 11) is 0. The quantitative estimate of drug-likeness (QED) is 0.886. The number of aromatic hydroxyl groups is 1. The molecule has 0 bridgehead atoms. The summed E-state index contributed by atoms with van der Waals surface area (Å²) in [6.07, 6.45) is 0.558. The van der Waals surface area contributed by atoms with Crippen LogP contribution in [0.25, 0.3) is 0 Å². The van der Waals surface area contributed by atoms with Gasteiger partial charge in [0.2, 0.25) is 0 Å². The van der Waals surface area contributed by atoms with Crippen molar-refractivity contribution < 1.29 is 14.3 Å². The molecule has 0 saturated carbocycles. The number of nitrogens with one attached hydrogen (secondary N) is 1. The van der Waals surface area contributed by atoms with Gasteiger partial charge in [0.25, 0.3) is 5.91 Å². The van der Waals surface area contributed by atoms with Crippen LogP contribution in [0.3, 0.4) is 0 Å². The van der Waals surface area contributed by atoms with Crippen LogP contribution in [0.2, 0.25) is 0 Å². The number of carbonyl (C=O) groups excluding carboxylic acids is 1. The second-order valence-electron chi connectivity index (χ2n) is 4.19. The van der Waals surface area contributed by atoms with Crippen LogP contribution in [-0.2, 0) is 6.42 Å². The largest absolute Gasteiger partial charge is 0.508 e. The normalized spacial score (nSPS) is 10.2. The minimum atomic E-state index is -0.281. The van der Waals surface area contributed by atoms with Crippen LogP contribution in [0.1, 0.15) is 15.9 Å². The second-order valence-corrected chi connectivity index (χ2v) is 4.19. The Bertz CT molecular complexity index is 584. The van der Waals surface area contributed by atoms with Crippen molar-refractivity contribution in [3.63, 3.8) is 0 Å². The van der Waals surface area contributed by atoms with Gasteiger partial charge in [0.05, 0.1) is 0 Å². The third-order valence-corrected chi connectivity index (χ3v) is 2.70. The maximum absolute atomic E-state index is 12.9. The van der Waals surface area contributed by atoms with Crippen molar-refractivity contribution in [3.8, 4) is 5.75 Å². The van der Waals surface area contributed by atoms with Crippen molar-refractivity contribution in [1.82, 2.24) is 5.32 Å². The second kappa shape index (κ2) is 6.00. The van der Waals surface area contributed by atoms with Gasteiger partial charge in [-0.25, -0.2) is 4.39 Å². The maximum Gasteiger partial charge on any atom is 0.251 e. The van der Waals surface area contributed by atoms with Crippen LogP contribution in [0.15, 0.2) is 48.5 Å². The fraction of sp³-hybridized carbons (Fsp3) is 0.133. The van der Waals surface area contributed by atoms with E-state index in [4.69, 9.17) is 0 Å². The van der Waals surface area contributed by atoms with Gasteiger partial charge < -0.3 is 10.4 Å². The molecule has 0 saturated heterocycles. The molecule has 0 heterocycles. The first-order valence-electron chi connectivity index (χ1n) is 5.97. The molecular formula is C15H14FNO2. The van der Waals surface area contributed by atoms with Gasteiger partial charge in [-0.2, -0.15) is 0 Å². The lowest BCUT2D eigenvalue weighted by molar-refractivity contribution is 0.0953. The van der Waals surface area contributed by atoms with Gasteiger partial charge in [-0.05, 0) is 42.3 Å². The van der Waals surface area contributed by atoms with Crippen LogP contribution < -0.4 is 5.32 Å². The van der Waals surface area contributed by atoms with Crippen molar-refractivity contribution in [3.05, 3.63) is 65.5 Å². The van der Waals surface area contributed by atoms with Crippen molar-refractivity contribution >= 4 is 5.91 Å². The van der Waals surface area contributed by atoms with Gasteiger partial charge in [-0.3, -0.25) is 4.79 Å². The highest BCUT2D eigenvalue weighted by molar-refractivity contribution is 5.94. The van der Waals surface area contributed by atoms with Gasteiger partial charge in [0.15, 0.2) is 0 Å². The molecule has 0 aliphatic rings. The molecule has 2 aromatic rings. The zero-order valence-electron chi connectivity index (χ0n) is 10.3. The Labute approximate surface area is 110 Å². The Kier molecular flexibility index (Phi) is 4.13. The minimum absolute atomic E-state index is 0.0535. The van der Waals surface area contributed by atoms with E-state index in [1.165, 1.54) is 24.3 Å². The number of benzene rings is 2. The smallest absolute Gasteiger partial charge is 0.251 e. The molecule has 3 nitrogen and oxygen atoms in total. The topological polar surface area (TPSA) is 49.3 Å². The summed E-state index contributed by atoms with van der Waals surface area (Å²) in [5, 5.41) is 12.0. The average Bonchev–Trinajstić information content (AvgIpc) is 2.38. The van der Waals surface area contributed by atoms with Crippen LogP contribution in [0.4, 0.5) is 4.39 Å². The summed E-state index contributed by atoms with van der Waals surface area (Å²) in [5.74, 6) is -0.484. The van der Waals surface area contributed by atoms with E-state index >= 15 is 0 Å². The SMILES string of the molecule is O=C(NCCc1cccc(F)c1)c1cccc(O)c1. The third-order valence-electron chi connectivity index (χ3n) is 2.70. The van der Waals surface area contributed by atoms with Crippen molar-refractivity contribution in [1.29, 1.82) is 0 Å².